The maximum atomic E-state index is 11.1. The van der Waals surface area contributed by atoms with E-state index in [1.807, 2.05) is 25.1 Å². The molecule has 5 nitrogen and oxygen atoms in total. The van der Waals surface area contributed by atoms with Crippen molar-refractivity contribution in [3.8, 4) is 11.5 Å². The lowest BCUT2D eigenvalue weighted by atomic mass is 10.00. The monoisotopic (exact) mass is 265 g/mol. The van der Waals surface area contributed by atoms with Crippen molar-refractivity contribution >= 4 is 5.97 Å². The Labute approximate surface area is 112 Å². The lowest BCUT2D eigenvalue weighted by Crippen LogP contribution is -2.46. The van der Waals surface area contributed by atoms with Crippen LogP contribution in [0.5, 0.6) is 11.5 Å². The van der Waals surface area contributed by atoms with E-state index < -0.39 is 11.5 Å². The summed E-state index contributed by atoms with van der Waals surface area (Å²) in [4.78, 5) is 11.1. The van der Waals surface area contributed by atoms with Crippen molar-refractivity contribution in [1.82, 2.24) is 0 Å². The van der Waals surface area contributed by atoms with Gasteiger partial charge in [0, 0.05) is 6.42 Å². The minimum Gasteiger partial charge on any atom is -0.493 e. The molecule has 19 heavy (non-hydrogen) atoms. The van der Waals surface area contributed by atoms with Crippen LogP contribution in [-0.4, -0.2) is 29.8 Å². The van der Waals surface area contributed by atoms with Crippen molar-refractivity contribution in [1.29, 1.82) is 0 Å². The molecule has 1 aromatic carbocycles. The third kappa shape index (κ3) is 2.81. The Bertz CT molecular complexity index is 488. The van der Waals surface area contributed by atoms with Gasteiger partial charge in [0.1, 0.15) is 11.6 Å². The third-order valence-electron chi connectivity index (χ3n) is 3.54. The summed E-state index contributed by atoms with van der Waals surface area (Å²) in [5.74, 6) is 0.326. The summed E-state index contributed by atoms with van der Waals surface area (Å²) in [5.41, 5.74) is 5.74. The van der Waals surface area contributed by atoms with Crippen molar-refractivity contribution in [2.75, 3.05) is 7.11 Å². The summed E-state index contributed by atoms with van der Waals surface area (Å²) < 4.78 is 11.1. The number of aliphatic carboxylic acids is 1. The van der Waals surface area contributed by atoms with Gasteiger partial charge in [-0.05, 0) is 37.5 Å². The standard InChI is InChI=1S/C14H19NO4/c1-9-3-4-11(12(7-9)18-2)19-10-5-6-14(15,8-10)13(16)17/h3-4,7,10H,5-6,8,15H2,1-2H3,(H,16,17). The topological polar surface area (TPSA) is 81.8 Å². The highest BCUT2D eigenvalue weighted by Crippen LogP contribution is 2.35. The molecule has 0 heterocycles. The molecule has 2 unspecified atom stereocenters. The van der Waals surface area contributed by atoms with Crippen LogP contribution in [0.4, 0.5) is 0 Å². The second-order valence-corrected chi connectivity index (χ2v) is 5.10. The molecule has 1 aliphatic carbocycles. The number of rotatable bonds is 4. The summed E-state index contributed by atoms with van der Waals surface area (Å²) in [7, 11) is 1.58. The Balaban J connectivity index is 2.09. The number of ether oxygens (including phenoxy) is 2. The summed E-state index contributed by atoms with van der Waals surface area (Å²) in [5, 5.41) is 9.09. The highest BCUT2D eigenvalue weighted by molar-refractivity contribution is 5.79. The highest BCUT2D eigenvalue weighted by Gasteiger charge is 2.43. The highest BCUT2D eigenvalue weighted by atomic mass is 16.5. The van der Waals surface area contributed by atoms with Crippen LogP contribution in [0.15, 0.2) is 18.2 Å². The lowest BCUT2D eigenvalue weighted by molar-refractivity contribution is -0.143. The molecular formula is C14H19NO4. The molecule has 2 rings (SSSR count). The Kier molecular flexibility index (Phi) is 3.66. The van der Waals surface area contributed by atoms with Gasteiger partial charge in [-0.15, -0.1) is 0 Å². The lowest BCUT2D eigenvalue weighted by Gasteiger charge is -2.19. The van der Waals surface area contributed by atoms with Crippen molar-refractivity contribution in [2.24, 2.45) is 5.73 Å². The molecule has 0 amide bonds. The predicted molar refractivity (Wildman–Crippen MR) is 70.6 cm³/mol. The van der Waals surface area contributed by atoms with Crippen LogP contribution in [0.1, 0.15) is 24.8 Å². The van der Waals surface area contributed by atoms with Crippen LogP contribution in [0.25, 0.3) is 0 Å². The van der Waals surface area contributed by atoms with Crippen LogP contribution in [0.2, 0.25) is 0 Å². The quantitative estimate of drug-likeness (QED) is 0.866. The molecule has 0 radical (unpaired) electrons. The Morgan fingerprint density at radius 3 is 2.79 bits per heavy atom. The smallest absolute Gasteiger partial charge is 0.323 e. The number of carbonyl (C=O) groups is 1. The second kappa shape index (κ2) is 5.09. The predicted octanol–water partition coefficient (Wildman–Crippen LogP) is 1.72. The zero-order chi connectivity index (χ0) is 14.0. The first-order chi connectivity index (χ1) is 8.94. The Morgan fingerprint density at radius 2 is 2.21 bits per heavy atom. The van der Waals surface area contributed by atoms with Crippen molar-refractivity contribution in [3.63, 3.8) is 0 Å². The largest absolute Gasteiger partial charge is 0.493 e. The average Bonchev–Trinajstić information content (AvgIpc) is 2.74. The summed E-state index contributed by atoms with van der Waals surface area (Å²) >= 11 is 0. The molecule has 1 fully saturated rings. The maximum absolute atomic E-state index is 11.1. The number of aryl methyl sites for hydroxylation is 1. The van der Waals surface area contributed by atoms with E-state index in [0.29, 0.717) is 30.8 Å². The molecular weight excluding hydrogens is 246 g/mol. The Hall–Kier alpha value is -1.75. The molecule has 0 aliphatic heterocycles. The Morgan fingerprint density at radius 1 is 1.47 bits per heavy atom. The van der Waals surface area contributed by atoms with Crippen LogP contribution < -0.4 is 15.2 Å². The first-order valence-corrected chi connectivity index (χ1v) is 6.28. The maximum Gasteiger partial charge on any atom is 0.323 e. The minimum absolute atomic E-state index is 0.183. The fourth-order valence-electron chi connectivity index (χ4n) is 2.38. The van der Waals surface area contributed by atoms with Crippen LogP contribution in [-0.2, 0) is 4.79 Å². The van der Waals surface area contributed by atoms with Crippen molar-refractivity contribution in [2.45, 2.75) is 37.8 Å². The number of carboxylic acid groups (broad SMARTS) is 1. The van der Waals surface area contributed by atoms with Gasteiger partial charge in [-0.2, -0.15) is 0 Å². The number of nitrogens with two attached hydrogens (primary N) is 1. The van der Waals surface area contributed by atoms with E-state index in [-0.39, 0.29) is 6.10 Å². The fraction of sp³-hybridized carbons (Fsp3) is 0.500. The van der Waals surface area contributed by atoms with Gasteiger partial charge in [-0.25, -0.2) is 0 Å². The van der Waals surface area contributed by atoms with Crippen LogP contribution in [0.3, 0.4) is 0 Å². The molecule has 0 bridgehead atoms. The number of benzene rings is 1. The first-order valence-electron chi connectivity index (χ1n) is 6.28. The number of hydrogen-bond acceptors (Lipinski definition) is 4. The zero-order valence-corrected chi connectivity index (χ0v) is 11.2. The van der Waals surface area contributed by atoms with E-state index in [1.165, 1.54) is 0 Å². The molecule has 104 valence electrons. The minimum atomic E-state index is -1.16. The van der Waals surface area contributed by atoms with Gasteiger partial charge >= 0.3 is 5.97 Å². The van der Waals surface area contributed by atoms with E-state index >= 15 is 0 Å². The number of carboxylic acids is 1. The summed E-state index contributed by atoms with van der Waals surface area (Å²) in [6.45, 7) is 1.97. The second-order valence-electron chi connectivity index (χ2n) is 5.10. The van der Waals surface area contributed by atoms with E-state index in [0.717, 1.165) is 5.56 Å². The van der Waals surface area contributed by atoms with Gasteiger partial charge in [-0.1, -0.05) is 6.07 Å². The number of methoxy groups -OCH3 is 1. The van der Waals surface area contributed by atoms with Gasteiger partial charge in [0.05, 0.1) is 7.11 Å². The van der Waals surface area contributed by atoms with E-state index in [4.69, 9.17) is 20.3 Å². The van der Waals surface area contributed by atoms with E-state index in [1.54, 1.807) is 7.11 Å². The van der Waals surface area contributed by atoms with Gasteiger partial charge in [0.25, 0.3) is 0 Å². The average molecular weight is 265 g/mol. The molecule has 2 atom stereocenters. The van der Waals surface area contributed by atoms with Gasteiger partial charge in [-0.3, -0.25) is 4.79 Å². The first kappa shape index (κ1) is 13.7. The van der Waals surface area contributed by atoms with E-state index in [2.05, 4.69) is 0 Å². The molecule has 1 aliphatic rings. The molecule has 1 aromatic rings. The molecule has 1 saturated carbocycles. The summed E-state index contributed by atoms with van der Waals surface area (Å²) in [6, 6.07) is 5.66. The molecule has 0 saturated heterocycles. The molecule has 0 aromatic heterocycles. The van der Waals surface area contributed by atoms with E-state index in [9.17, 15) is 4.79 Å². The van der Waals surface area contributed by atoms with Crippen molar-refractivity contribution in [3.05, 3.63) is 23.8 Å². The van der Waals surface area contributed by atoms with Crippen LogP contribution in [0, 0.1) is 6.92 Å². The summed E-state index contributed by atoms with van der Waals surface area (Å²) in [6.07, 6.45) is 1.21. The number of hydrogen-bond donors (Lipinski definition) is 2. The molecule has 5 heteroatoms. The zero-order valence-electron chi connectivity index (χ0n) is 11.2. The van der Waals surface area contributed by atoms with Crippen LogP contribution >= 0.6 is 0 Å². The van der Waals surface area contributed by atoms with Gasteiger partial charge in [0.15, 0.2) is 11.5 Å². The molecule has 3 N–H and O–H groups in total. The normalized spacial score (nSPS) is 26.2. The van der Waals surface area contributed by atoms with Crippen molar-refractivity contribution < 1.29 is 19.4 Å². The third-order valence-corrected chi connectivity index (χ3v) is 3.54. The fourth-order valence-corrected chi connectivity index (χ4v) is 2.38. The SMILES string of the molecule is COc1cc(C)ccc1OC1CCC(N)(C(=O)O)C1. The van der Waals surface area contributed by atoms with Gasteiger partial charge in [0.2, 0.25) is 0 Å². The molecule has 0 spiro atoms. The van der Waals surface area contributed by atoms with Gasteiger partial charge < -0.3 is 20.3 Å².